The predicted molar refractivity (Wildman–Crippen MR) is 105 cm³/mol. The number of benzene rings is 2. The van der Waals surface area contributed by atoms with Crippen LogP contribution in [0.4, 0.5) is 0 Å². The van der Waals surface area contributed by atoms with Crippen molar-refractivity contribution < 1.29 is 14.0 Å². The molecular weight excluding hydrogens is 354 g/mol. The maximum Gasteiger partial charge on any atom is 0.172 e. The van der Waals surface area contributed by atoms with Crippen LogP contribution in [0.5, 0.6) is 11.5 Å². The van der Waals surface area contributed by atoms with Gasteiger partial charge in [-0.15, -0.1) is 0 Å². The lowest BCUT2D eigenvalue weighted by Gasteiger charge is -2.08. The minimum atomic E-state index is 0.694. The number of nitrogens with zero attached hydrogens (tertiary/aromatic N) is 3. The lowest BCUT2D eigenvalue weighted by Crippen LogP contribution is -2.02. The number of fused-ring (bicyclic) bond motifs is 3. The first-order chi connectivity index (χ1) is 13.8. The van der Waals surface area contributed by atoms with Gasteiger partial charge in [0, 0.05) is 23.9 Å². The number of rotatable bonds is 5. The zero-order valence-corrected chi connectivity index (χ0v) is 15.7. The summed E-state index contributed by atoms with van der Waals surface area (Å²) in [5.41, 5.74) is 5.14. The number of methoxy groups -OCH3 is 2. The van der Waals surface area contributed by atoms with Gasteiger partial charge in [0.2, 0.25) is 0 Å². The topological polar surface area (TPSA) is 62.3 Å². The molecule has 5 rings (SSSR count). The monoisotopic (exact) mass is 373 g/mol. The van der Waals surface area contributed by atoms with Crippen molar-refractivity contribution in [3.63, 3.8) is 0 Å². The van der Waals surface area contributed by atoms with Crippen LogP contribution in [0.2, 0.25) is 0 Å². The van der Waals surface area contributed by atoms with Crippen molar-refractivity contribution in [2.24, 2.45) is 0 Å². The van der Waals surface area contributed by atoms with Crippen LogP contribution < -0.4 is 9.47 Å². The first-order valence-electron chi connectivity index (χ1n) is 9.07. The Morgan fingerprint density at radius 3 is 2.64 bits per heavy atom. The Morgan fingerprint density at radius 1 is 1.04 bits per heavy atom. The molecule has 28 heavy (non-hydrogen) atoms. The highest BCUT2D eigenvalue weighted by Gasteiger charge is 2.30. The average molecular weight is 373 g/mol. The first kappa shape index (κ1) is 16.6. The molecule has 0 aliphatic carbocycles. The highest BCUT2D eigenvalue weighted by molar-refractivity contribution is 5.73. The third-order valence-electron chi connectivity index (χ3n) is 5.11. The molecule has 0 bridgehead atoms. The number of imidazole rings is 1. The molecule has 6 nitrogen and oxygen atoms in total. The predicted octanol–water partition coefficient (Wildman–Crippen LogP) is 4.17. The zero-order chi connectivity index (χ0) is 19.1. The number of aromatic nitrogens is 3. The summed E-state index contributed by atoms with van der Waals surface area (Å²) in [5, 5.41) is 4.30. The lowest BCUT2D eigenvalue weighted by atomic mass is 10.1. The molecule has 1 aliphatic rings. The second-order valence-corrected chi connectivity index (χ2v) is 6.76. The van der Waals surface area contributed by atoms with Crippen LogP contribution in [0, 0.1) is 0 Å². The molecule has 2 aromatic carbocycles. The van der Waals surface area contributed by atoms with Crippen molar-refractivity contribution in [2.45, 2.75) is 13.0 Å². The summed E-state index contributed by atoms with van der Waals surface area (Å²) in [6, 6.07) is 15.9. The van der Waals surface area contributed by atoms with Gasteiger partial charge in [-0.05, 0) is 29.8 Å². The van der Waals surface area contributed by atoms with E-state index in [1.807, 2.05) is 42.6 Å². The third-order valence-corrected chi connectivity index (χ3v) is 5.11. The molecular formula is C22H19N3O3. The summed E-state index contributed by atoms with van der Waals surface area (Å²) in [6.45, 7) is 0.694. The molecule has 0 amide bonds. The van der Waals surface area contributed by atoms with Crippen LogP contribution in [-0.4, -0.2) is 28.9 Å². The summed E-state index contributed by atoms with van der Waals surface area (Å²) in [4.78, 5) is 4.60. The van der Waals surface area contributed by atoms with Gasteiger partial charge in [0.1, 0.15) is 11.5 Å². The van der Waals surface area contributed by atoms with Crippen molar-refractivity contribution >= 4 is 0 Å². The molecule has 2 aromatic heterocycles. The minimum Gasteiger partial charge on any atom is -0.497 e. The SMILES string of the molecule is COc1cccc(Cc2cnc3n2Cc2c-3noc2-c2cccc(OC)c2)c1. The van der Waals surface area contributed by atoms with E-state index in [1.165, 1.54) is 5.56 Å². The van der Waals surface area contributed by atoms with E-state index in [4.69, 9.17) is 14.0 Å². The van der Waals surface area contributed by atoms with Gasteiger partial charge in [0.25, 0.3) is 0 Å². The quantitative estimate of drug-likeness (QED) is 0.463. The standard InChI is InChI=1S/C22H19N3O3/c1-26-17-7-3-5-14(10-17)9-16-12-23-22-20-19(13-25(16)22)21(28-24-20)15-6-4-8-18(11-15)27-2/h3-8,10-12H,9,13H2,1-2H3. The molecule has 0 atom stereocenters. The number of hydrogen-bond acceptors (Lipinski definition) is 5. The lowest BCUT2D eigenvalue weighted by molar-refractivity contribution is 0.413. The Balaban J connectivity index is 1.48. The van der Waals surface area contributed by atoms with E-state index in [0.717, 1.165) is 52.0 Å². The van der Waals surface area contributed by atoms with Gasteiger partial charge in [0.15, 0.2) is 17.3 Å². The van der Waals surface area contributed by atoms with Gasteiger partial charge < -0.3 is 18.6 Å². The van der Waals surface area contributed by atoms with Gasteiger partial charge in [-0.1, -0.05) is 29.4 Å². The Kier molecular flexibility index (Phi) is 3.90. The van der Waals surface area contributed by atoms with Crippen molar-refractivity contribution in [3.8, 4) is 34.3 Å². The number of hydrogen-bond donors (Lipinski definition) is 0. The van der Waals surface area contributed by atoms with Crippen LogP contribution in [0.3, 0.4) is 0 Å². The summed E-state index contributed by atoms with van der Waals surface area (Å²) >= 11 is 0. The summed E-state index contributed by atoms with van der Waals surface area (Å²) in [6.07, 6.45) is 2.69. The molecule has 0 fully saturated rings. The highest BCUT2D eigenvalue weighted by Crippen LogP contribution is 2.39. The van der Waals surface area contributed by atoms with Crippen molar-refractivity contribution in [2.75, 3.05) is 14.2 Å². The molecule has 0 unspecified atom stereocenters. The molecule has 1 aliphatic heterocycles. The fourth-order valence-electron chi connectivity index (χ4n) is 3.69. The van der Waals surface area contributed by atoms with Crippen LogP contribution in [0.1, 0.15) is 16.8 Å². The normalized spacial score (nSPS) is 11.9. The van der Waals surface area contributed by atoms with E-state index >= 15 is 0 Å². The van der Waals surface area contributed by atoms with Crippen LogP contribution >= 0.6 is 0 Å². The molecule has 0 saturated carbocycles. The van der Waals surface area contributed by atoms with Gasteiger partial charge in [-0.2, -0.15) is 0 Å². The van der Waals surface area contributed by atoms with E-state index in [2.05, 4.69) is 26.8 Å². The number of ether oxygens (including phenoxy) is 2. The van der Waals surface area contributed by atoms with Crippen LogP contribution in [0.15, 0.2) is 59.3 Å². The fraction of sp³-hybridized carbons (Fsp3) is 0.182. The molecule has 0 saturated heterocycles. The van der Waals surface area contributed by atoms with Crippen LogP contribution in [-0.2, 0) is 13.0 Å². The van der Waals surface area contributed by atoms with Gasteiger partial charge in [-0.3, -0.25) is 0 Å². The van der Waals surface area contributed by atoms with E-state index in [-0.39, 0.29) is 0 Å². The molecule has 0 spiro atoms. The largest absolute Gasteiger partial charge is 0.497 e. The Hall–Kier alpha value is -3.54. The summed E-state index contributed by atoms with van der Waals surface area (Å²) < 4.78 is 18.5. The fourth-order valence-corrected chi connectivity index (χ4v) is 3.69. The van der Waals surface area contributed by atoms with Crippen molar-refractivity contribution in [1.82, 2.24) is 14.7 Å². The van der Waals surface area contributed by atoms with E-state index in [1.54, 1.807) is 14.2 Å². The molecule has 4 aromatic rings. The van der Waals surface area contributed by atoms with Crippen LogP contribution in [0.25, 0.3) is 22.8 Å². The van der Waals surface area contributed by atoms with E-state index in [9.17, 15) is 0 Å². The average Bonchev–Trinajstić information content (AvgIpc) is 3.41. The Morgan fingerprint density at radius 2 is 1.82 bits per heavy atom. The second-order valence-electron chi connectivity index (χ2n) is 6.76. The van der Waals surface area contributed by atoms with Crippen molar-refractivity contribution in [1.29, 1.82) is 0 Å². The summed E-state index contributed by atoms with van der Waals surface area (Å²) in [5.74, 6) is 3.27. The Labute approximate surface area is 162 Å². The Bertz CT molecular complexity index is 1160. The second kappa shape index (κ2) is 6.56. The van der Waals surface area contributed by atoms with Gasteiger partial charge >= 0.3 is 0 Å². The first-order valence-corrected chi connectivity index (χ1v) is 9.07. The van der Waals surface area contributed by atoms with E-state index in [0.29, 0.717) is 6.54 Å². The van der Waals surface area contributed by atoms with Crippen molar-refractivity contribution in [3.05, 3.63) is 71.5 Å². The highest BCUT2D eigenvalue weighted by atomic mass is 16.5. The summed E-state index contributed by atoms with van der Waals surface area (Å²) in [7, 11) is 3.34. The minimum absolute atomic E-state index is 0.694. The molecule has 6 heteroatoms. The zero-order valence-electron chi connectivity index (χ0n) is 15.7. The molecule has 3 heterocycles. The van der Waals surface area contributed by atoms with Gasteiger partial charge in [0.05, 0.1) is 26.3 Å². The molecule has 0 N–H and O–H groups in total. The van der Waals surface area contributed by atoms with Gasteiger partial charge in [-0.25, -0.2) is 4.98 Å². The molecule has 140 valence electrons. The maximum absolute atomic E-state index is 5.66. The smallest absolute Gasteiger partial charge is 0.172 e. The van der Waals surface area contributed by atoms with E-state index < -0.39 is 0 Å². The molecule has 0 radical (unpaired) electrons. The maximum atomic E-state index is 5.66. The third kappa shape index (κ3) is 2.65.